The molecule has 1 saturated heterocycles. The summed E-state index contributed by atoms with van der Waals surface area (Å²) in [6, 6.07) is 10.3. The molecule has 0 spiro atoms. The number of amides is 1. The number of nitrogens with one attached hydrogen (secondary N) is 2. The van der Waals surface area contributed by atoms with E-state index in [-0.39, 0.29) is 18.2 Å². The minimum absolute atomic E-state index is 0.0884. The molecule has 1 aliphatic rings. The van der Waals surface area contributed by atoms with Gasteiger partial charge in [-0.25, -0.2) is 4.79 Å². The molecule has 0 saturated carbocycles. The topological polar surface area (TPSA) is 50.4 Å². The Morgan fingerprint density at radius 1 is 1.33 bits per heavy atom. The quantitative estimate of drug-likeness (QED) is 0.858. The summed E-state index contributed by atoms with van der Waals surface area (Å²) in [4.78, 5) is 11.6. The van der Waals surface area contributed by atoms with E-state index in [1.807, 2.05) is 32.0 Å². The third-order valence-electron chi connectivity index (χ3n) is 3.09. The van der Waals surface area contributed by atoms with E-state index in [2.05, 4.69) is 22.8 Å². The maximum atomic E-state index is 11.6. The van der Waals surface area contributed by atoms with Crippen LogP contribution < -0.4 is 10.6 Å². The normalized spacial score (nSPS) is 23.1. The Balaban J connectivity index is 1.98. The molecular weight excluding hydrogens is 228 g/mol. The molecule has 0 aliphatic carbocycles. The van der Waals surface area contributed by atoms with Gasteiger partial charge < -0.3 is 15.4 Å². The molecule has 2 atom stereocenters. The van der Waals surface area contributed by atoms with Gasteiger partial charge in [0, 0.05) is 19.0 Å². The van der Waals surface area contributed by atoms with Gasteiger partial charge in [0.25, 0.3) is 0 Å². The molecule has 2 rings (SSSR count). The van der Waals surface area contributed by atoms with E-state index in [0.29, 0.717) is 5.92 Å². The van der Waals surface area contributed by atoms with Gasteiger partial charge >= 0.3 is 6.09 Å². The molecular formula is C14H20N2O2. The van der Waals surface area contributed by atoms with Crippen LogP contribution in [0.3, 0.4) is 0 Å². The van der Waals surface area contributed by atoms with Gasteiger partial charge in [-0.1, -0.05) is 30.3 Å². The van der Waals surface area contributed by atoms with Gasteiger partial charge in [0.05, 0.1) is 12.1 Å². The second kappa shape index (κ2) is 5.87. The number of benzene rings is 1. The lowest BCUT2D eigenvalue weighted by molar-refractivity contribution is 0.112. The van der Waals surface area contributed by atoms with Gasteiger partial charge in [-0.05, 0) is 19.4 Å². The molecule has 0 aromatic heterocycles. The third kappa shape index (κ3) is 3.23. The summed E-state index contributed by atoms with van der Waals surface area (Å²) in [5.74, 6) is 0.311. The molecule has 18 heavy (non-hydrogen) atoms. The molecule has 0 unspecified atom stereocenters. The van der Waals surface area contributed by atoms with Crippen molar-refractivity contribution in [3.05, 3.63) is 35.9 Å². The molecule has 1 aliphatic heterocycles. The van der Waals surface area contributed by atoms with Gasteiger partial charge in [0.2, 0.25) is 0 Å². The minimum Gasteiger partial charge on any atom is -0.447 e. The van der Waals surface area contributed by atoms with Gasteiger partial charge in [-0.2, -0.15) is 0 Å². The van der Waals surface area contributed by atoms with E-state index in [1.54, 1.807) is 0 Å². The van der Waals surface area contributed by atoms with E-state index >= 15 is 0 Å². The van der Waals surface area contributed by atoms with Crippen molar-refractivity contribution in [2.75, 3.05) is 13.1 Å². The maximum absolute atomic E-state index is 11.6. The fourth-order valence-electron chi connectivity index (χ4n) is 2.28. The van der Waals surface area contributed by atoms with E-state index in [1.165, 1.54) is 5.56 Å². The molecule has 1 fully saturated rings. The largest absolute Gasteiger partial charge is 0.447 e. The smallest absolute Gasteiger partial charge is 0.407 e. The summed E-state index contributed by atoms with van der Waals surface area (Å²) in [5.41, 5.74) is 1.25. The summed E-state index contributed by atoms with van der Waals surface area (Å²) < 4.78 is 5.12. The molecule has 1 amide bonds. The van der Waals surface area contributed by atoms with Crippen molar-refractivity contribution in [1.82, 2.24) is 10.6 Å². The zero-order chi connectivity index (χ0) is 13.0. The van der Waals surface area contributed by atoms with Crippen molar-refractivity contribution < 1.29 is 9.53 Å². The van der Waals surface area contributed by atoms with Crippen LogP contribution in [0.15, 0.2) is 30.3 Å². The van der Waals surface area contributed by atoms with Crippen LogP contribution in [0.4, 0.5) is 4.79 Å². The summed E-state index contributed by atoms with van der Waals surface area (Å²) in [6.07, 6.45) is -0.422. The lowest BCUT2D eigenvalue weighted by Gasteiger charge is -2.20. The van der Waals surface area contributed by atoms with Crippen molar-refractivity contribution in [3.63, 3.8) is 0 Å². The number of rotatable bonds is 3. The molecule has 0 bridgehead atoms. The van der Waals surface area contributed by atoms with Crippen LogP contribution in [0, 0.1) is 0 Å². The Bertz CT molecular complexity index is 392. The Morgan fingerprint density at radius 3 is 2.72 bits per heavy atom. The number of hydrogen-bond acceptors (Lipinski definition) is 3. The van der Waals surface area contributed by atoms with Gasteiger partial charge in [0.15, 0.2) is 0 Å². The SMILES string of the molecule is CC(C)OC(=O)N[C@@H]1CNC[C@H]1c1ccccc1. The average Bonchev–Trinajstić information content (AvgIpc) is 2.77. The van der Waals surface area contributed by atoms with E-state index in [9.17, 15) is 4.79 Å². The van der Waals surface area contributed by atoms with Crippen LogP contribution in [0.25, 0.3) is 0 Å². The fourth-order valence-corrected chi connectivity index (χ4v) is 2.28. The van der Waals surface area contributed by atoms with E-state index in [4.69, 9.17) is 4.74 Å². The van der Waals surface area contributed by atoms with Crippen LogP contribution in [0.2, 0.25) is 0 Å². The zero-order valence-corrected chi connectivity index (χ0v) is 10.8. The molecule has 4 heteroatoms. The first-order chi connectivity index (χ1) is 8.66. The third-order valence-corrected chi connectivity index (χ3v) is 3.09. The Kier molecular flexibility index (Phi) is 4.20. The number of carbonyl (C=O) groups is 1. The number of hydrogen-bond donors (Lipinski definition) is 2. The minimum atomic E-state index is -0.334. The van der Waals surface area contributed by atoms with Crippen LogP contribution in [-0.4, -0.2) is 31.3 Å². The average molecular weight is 248 g/mol. The van der Waals surface area contributed by atoms with E-state index < -0.39 is 0 Å². The second-order valence-electron chi connectivity index (χ2n) is 4.88. The summed E-state index contributed by atoms with van der Waals surface area (Å²) >= 11 is 0. The van der Waals surface area contributed by atoms with Crippen molar-refractivity contribution in [1.29, 1.82) is 0 Å². The molecule has 0 radical (unpaired) electrons. The first-order valence-electron chi connectivity index (χ1n) is 6.39. The highest BCUT2D eigenvalue weighted by Gasteiger charge is 2.29. The van der Waals surface area contributed by atoms with E-state index in [0.717, 1.165) is 13.1 Å². The van der Waals surface area contributed by atoms with Crippen molar-refractivity contribution in [3.8, 4) is 0 Å². The summed E-state index contributed by atoms with van der Waals surface area (Å²) in [5, 5.41) is 6.24. The molecule has 1 aromatic carbocycles. The maximum Gasteiger partial charge on any atom is 0.407 e. The van der Waals surface area contributed by atoms with Gasteiger partial charge in [-0.15, -0.1) is 0 Å². The van der Waals surface area contributed by atoms with Gasteiger partial charge in [-0.3, -0.25) is 0 Å². The standard InChI is InChI=1S/C14H20N2O2/c1-10(2)18-14(17)16-13-9-15-8-12(13)11-6-4-3-5-7-11/h3-7,10,12-13,15H,8-9H2,1-2H3,(H,16,17)/t12-,13+/m0/s1. The number of ether oxygens (including phenoxy) is 1. The molecule has 1 heterocycles. The number of carbonyl (C=O) groups excluding carboxylic acids is 1. The highest BCUT2D eigenvalue weighted by atomic mass is 16.6. The molecule has 2 N–H and O–H groups in total. The Labute approximate surface area is 108 Å². The predicted molar refractivity (Wildman–Crippen MR) is 70.6 cm³/mol. The second-order valence-corrected chi connectivity index (χ2v) is 4.88. The monoisotopic (exact) mass is 248 g/mol. The summed E-state index contributed by atoms with van der Waals surface area (Å²) in [7, 11) is 0. The lowest BCUT2D eigenvalue weighted by atomic mass is 9.94. The van der Waals surface area contributed by atoms with Crippen LogP contribution in [0.1, 0.15) is 25.3 Å². The molecule has 98 valence electrons. The highest BCUT2D eigenvalue weighted by Crippen LogP contribution is 2.22. The van der Waals surface area contributed by atoms with Crippen LogP contribution in [0.5, 0.6) is 0 Å². The molecule has 1 aromatic rings. The van der Waals surface area contributed by atoms with Crippen LogP contribution in [-0.2, 0) is 4.74 Å². The van der Waals surface area contributed by atoms with Gasteiger partial charge in [0.1, 0.15) is 0 Å². The van der Waals surface area contributed by atoms with Crippen molar-refractivity contribution in [2.45, 2.75) is 31.9 Å². The van der Waals surface area contributed by atoms with Crippen molar-refractivity contribution >= 4 is 6.09 Å². The van der Waals surface area contributed by atoms with Crippen LogP contribution >= 0.6 is 0 Å². The predicted octanol–water partition coefficient (Wildman–Crippen LogP) is 1.88. The first-order valence-corrected chi connectivity index (χ1v) is 6.39. The Morgan fingerprint density at radius 2 is 2.06 bits per heavy atom. The highest BCUT2D eigenvalue weighted by molar-refractivity contribution is 5.68. The zero-order valence-electron chi connectivity index (χ0n) is 10.8. The molecule has 4 nitrogen and oxygen atoms in total. The van der Waals surface area contributed by atoms with Crippen molar-refractivity contribution in [2.24, 2.45) is 0 Å². The number of alkyl carbamates (subject to hydrolysis) is 1. The fraction of sp³-hybridized carbons (Fsp3) is 0.500. The first kappa shape index (κ1) is 12.9. The Hall–Kier alpha value is -1.55. The lowest BCUT2D eigenvalue weighted by Crippen LogP contribution is -2.40. The summed E-state index contributed by atoms with van der Waals surface area (Å²) in [6.45, 7) is 5.37.